The van der Waals surface area contributed by atoms with Gasteiger partial charge in [-0.3, -0.25) is 9.71 Å². The molecule has 4 rings (SSSR count). The van der Waals surface area contributed by atoms with Gasteiger partial charge in [-0.15, -0.1) is 0 Å². The molecule has 2 N–H and O–H groups in total. The van der Waals surface area contributed by atoms with Gasteiger partial charge in [0.15, 0.2) is 0 Å². The second-order valence-corrected chi connectivity index (χ2v) is 8.61. The van der Waals surface area contributed by atoms with Crippen LogP contribution in [0.15, 0.2) is 66.2 Å². The number of aliphatic carboxylic acids is 1. The lowest BCUT2D eigenvalue weighted by molar-refractivity contribution is -0.192. The van der Waals surface area contributed by atoms with E-state index in [9.17, 15) is 21.6 Å². The van der Waals surface area contributed by atoms with E-state index in [0.29, 0.717) is 23.7 Å². The molecule has 0 bridgehead atoms. The number of pyridine rings is 1. The Morgan fingerprint density at radius 1 is 1.16 bits per heavy atom. The molecule has 170 valence electrons. The van der Waals surface area contributed by atoms with Crippen LogP contribution in [-0.4, -0.2) is 40.2 Å². The Kier molecular flexibility index (Phi) is 6.82. The zero-order valence-corrected chi connectivity index (χ0v) is 17.3. The predicted octanol–water partition coefficient (Wildman–Crippen LogP) is 3.64. The topological polar surface area (TPSA) is 114 Å². The highest BCUT2D eigenvalue weighted by Gasteiger charge is 2.38. The van der Waals surface area contributed by atoms with Gasteiger partial charge in [-0.1, -0.05) is 18.2 Å². The lowest BCUT2D eigenvalue weighted by Crippen LogP contribution is -2.21. The van der Waals surface area contributed by atoms with E-state index in [1.54, 1.807) is 43.0 Å². The van der Waals surface area contributed by atoms with Crippen LogP contribution in [0.25, 0.3) is 0 Å². The number of alkyl halides is 3. The van der Waals surface area contributed by atoms with Crippen LogP contribution in [0.5, 0.6) is 0 Å². The van der Waals surface area contributed by atoms with Gasteiger partial charge in [0.1, 0.15) is 0 Å². The van der Waals surface area contributed by atoms with E-state index in [2.05, 4.69) is 14.7 Å². The Morgan fingerprint density at radius 3 is 2.44 bits per heavy atom. The number of carboxylic acids is 1. The average molecular weight is 468 g/mol. The number of hydrogen-bond donors (Lipinski definition) is 2. The summed E-state index contributed by atoms with van der Waals surface area (Å²) < 4.78 is 62.3. The first-order valence-corrected chi connectivity index (χ1v) is 10.9. The van der Waals surface area contributed by atoms with Crippen molar-refractivity contribution in [3.63, 3.8) is 0 Å². The SMILES string of the molecule is O=C(O)C(F)(F)F.O=S(=O)(Nc1cccnc1C1CC1)c1ccccc1Cn1ccnc1. The second-order valence-electron chi connectivity index (χ2n) is 6.96. The molecule has 0 saturated heterocycles. The van der Waals surface area contributed by atoms with Crippen LogP contribution < -0.4 is 4.72 Å². The molecule has 1 aromatic carbocycles. The van der Waals surface area contributed by atoms with Gasteiger partial charge < -0.3 is 9.67 Å². The van der Waals surface area contributed by atoms with Crippen LogP contribution >= 0.6 is 0 Å². The molecular formula is C20H19F3N4O4S. The van der Waals surface area contributed by atoms with Crippen molar-refractivity contribution in [2.45, 2.75) is 36.4 Å². The van der Waals surface area contributed by atoms with E-state index in [0.717, 1.165) is 18.5 Å². The summed E-state index contributed by atoms with van der Waals surface area (Å²) in [5, 5.41) is 7.12. The zero-order chi connectivity index (χ0) is 23.4. The summed E-state index contributed by atoms with van der Waals surface area (Å²) in [5.74, 6) is -2.40. The summed E-state index contributed by atoms with van der Waals surface area (Å²) >= 11 is 0. The summed E-state index contributed by atoms with van der Waals surface area (Å²) in [7, 11) is -3.70. The molecule has 0 radical (unpaired) electrons. The van der Waals surface area contributed by atoms with Gasteiger partial charge in [-0.2, -0.15) is 13.2 Å². The van der Waals surface area contributed by atoms with E-state index < -0.39 is 22.2 Å². The minimum atomic E-state index is -5.08. The van der Waals surface area contributed by atoms with E-state index >= 15 is 0 Å². The van der Waals surface area contributed by atoms with Crippen molar-refractivity contribution in [3.8, 4) is 0 Å². The highest BCUT2D eigenvalue weighted by atomic mass is 32.2. The van der Waals surface area contributed by atoms with Crippen molar-refractivity contribution in [1.29, 1.82) is 0 Å². The number of rotatable bonds is 6. The highest BCUT2D eigenvalue weighted by molar-refractivity contribution is 7.92. The maximum atomic E-state index is 13.0. The van der Waals surface area contributed by atoms with E-state index in [1.807, 2.05) is 22.9 Å². The molecule has 0 spiro atoms. The smallest absolute Gasteiger partial charge is 0.475 e. The molecule has 0 aliphatic heterocycles. The number of sulfonamides is 1. The number of aromatic nitrogens is 3. The number of halogens is 3. The number of nitrogens with one attached hydrogen (secondary N) is 1. The molecule has 8 nitrogen and oxygen atoms in total. The summed E-state index contributed by atoms with van der Waals surface area (Å²) in [5.41, 5.74) is 2.12. The van der Waals surface area contributed by atoms with Crippen molar-refractivity contribution in [2.75, 3.05) is 4.72 Å². The van der Waals surface area contributed by atoms with Gasteiger partial charge in [-0.05, 0) is 36.6 Å². The normalized spacial score (nSPS) is 13.7. The van der Waals surface area contributed by atoms with Gasteiger partial charge in [0.05, 0.1) is 22.6 Å². The van der Waals surface area contributed by atoms with Crippen LogP contribution in [-0.2, 0) is 21.4 Å². The Labute approximate surface area is 181 Å². The fourth-order valence-electron chi connectivity index (χ4n) is 2.86. The molecule has 1 aliphatic carbocycles. The van der Waals surface area contributed by atoms with Crippen molar-refractivity contribution in [2.24, 2.45) is 0 Å². The van der Waals surface area contributed by atoms with Crippen molar-refractivity contribution in [1.82, 2.24) is 14.5 Å². The standard InChI is InChI=1S/C18H18N4O2S.C2HF3O2/c23-25(24,21-16-5-3-9-20-18(16)14-7-8-14)17-6-2-1-4-15(17)12-22-11-10-19-13-22;3-2(4,5)1(6)7/h1-6,9-11,13-14,21H,7-8,12H2;(H,6,7). The highest BCUT2D eigenvalue weighted by Crippen LogP contribution is 2.42. The first kappa shape index (κ1) is 23.3. The number of anilines is 1. The monoisotopic (exact) mass is 468 g/mol. The van der Waals surface area contributed by atoms with Gasteiger partial charge in [0.25, 0.3) is 10.0 Å². The molecule has 2 aromatic heterocycles. The van der Waals surface area contributed by atoms with Gasteiger partial charge in [-0.25, -0.2) is 18.2 Å². The lowest BCUT2D eigenvalue weighted by atomic mass is 10.2. The molecule has 0 atom stereocenters. The molecule has 2 heterocycles. The van der Waals surface area contributed by atoms with Crippen LogP contribution in [0.1, 0.15) is 30.0 Å². The van der Waals surface area contributed by atoms with E-state index in [1.165, 1.54) is 0 Å². The fourth-order valence-corrected chi connectivity index (χ4v) is 4.17. The number of imidazole rings is 1. The molecule has 0 amide bonds. The molecular weight excluding hydrogens is 449 g/mol. The number of nitrogens with zero attached hydrogens (tertiary/aromatic N) is 3. The van der Waals surface area contributed by atoms with Crippen molar-refractivity contribution < 1.29 is 31.5 Å². The quantitative estimate of drug-likeness (QED) is 0.571. The fraction of sp³-hybridized carbons (Fsp3) is 0.250. The van der Waals surface area contributed by atoms with Crippen LogP contribution in [0.4, 0.5) is 18.9 Å². The van der Waals surface area contributed by atoms with E-state index in [-0.39, 0.29) is 4.90 Å². The first-order chi connectivity index (χ1) is 15.1. The minimum absolute atomic E-state index is 0.273. The third-order valence-electron chi connectivity index (χ3n) is 4.46. The van der Waals surface area contributed by atoms with E-state index in [4.69, 9.17) is 9.90 Å². The number of hydrogen-bond acceptors (Lipinski definition) is 5. The maximum Gasteiger partial charge on any atom is 0.490 e. The molecule has 3 aromatic rings. The van der Waals surface area contributed by atoms with Gasteiger partial charge >= 0.3 is 12.1 Å². The summed E-state index contributed by atoms with van der Waals surface area (Å²) in [6, 6.07) is 10.5. The van der Waals surface area contributed by atoms with Crippen LogP contribution in [0.3, 0.4) is 0 Å². The number of carbonyl (C=O) groups is 1. The summed E-state index contributed by atoms with van der Waals surface area (Å²) in [4.78, 5) is 17.5. The number of benzene rings is 1. The second kappa shape index (κ2) is 9.39. The van der Waals surface area contributed by atoms with Crippen molar-refractivity contribution >= 4 is 21.7 Å². The molecule has 12 heteroatoms. The molecule has 1 saturated carbocycles. The molecule has 1 fully saturated rings. The Morgan fingerprint density at radius 2 is 1.84 bits per heavy atom. The van der Waals surface area contributed by atoms with Crippen LogP contribution in [0, 0.1) is 0 Å². The van der Waals surface area contributed by atoms with Gasteiger partial charge in [0, 0.05) is 31.1 Å². The Bertz CT molecular complexity index is 1180. The summed E-state index contributed by atoms with van der Waals surface area (Å²) in [6.45, 7) is 0.444. The largest absolute Gasteiger partial charge is 0.490 e. The predicted molar refractivity (Wildman–Crippen MR) is 108 cm³/mol. The molecule has 32 heavy (non-hydrogen) atoms. The Hall–Kier alpha value is -3.41. The molecule has 0 unspecified atom stereocenters. The third-order valence-corrected chi connectivity index (χ3v) is 5.93. The molecule has 1 aliphatic rings. The average Bonchev–Trinajstić information content (AvgIpc) is 3.45. The summed E-state index contributed by atoms with van der Waals surface area (Å²) in [6.07, 6.45) is 3.89. The number of carboxylic acid groups (broad SMARTS) is 1. The first-order valence-electron chi connectivity index (χ1n) is 9.39. The Balaban J connectivity index is 0.000000360. The zero-order valence-electron chi connectivity index (χ0n) is 16.5. The minimum Gasteiger partial charge on any atom is -0.475 e. The van der Waals surface area contributed by atoms with Crippen molar-refractivity contribution in [3.05, 3.63) is 72.6 Å². The third kappa shape index (κ3) is 6.06. The lowest BCUT2D eigenvalue weighted by Gasteiger charge is -2.14. The van der Waals surface area contributed by atoms with Crippen LogP contribution in [0.2, 0.25) is 0 Å². The van der Waals surface area contributed by atoms with Gasteiger partial charge in [0.2, 0.25) is 0 Å². The maximum absolute atomic E-state index is 13.0.